The maximum absolute atomic E-state index is 12.4. The SMILES string of the molecule is CCCN1CCN(c2ccc(SOc3ccc(OC)cc3)cc2)C1=O. The first-order chi connectivity index (χ1) is 12.2. The second-order valence-corrected chi connectivity index (χ2v) is 6.56. The Morgan fingerprint density at radius 1 is 1.00 bits per heavy atom. The van der Waals surface area contributed by atoms with E-state index in [1.165, 1.54) is 12.0 Å². The van der Waals surface area contributed by atoms with E-state index < -0.39 is 0 Å². The van der Waals surface area contributed by atoms with Crippen LogP contribution in [0.3, 0.4) is 0 Å². The molecule has 1 aliphatic rings. The van der Waals surface area contributed by atoms with Crippen LogP contribution in [-0.4, -0.2) is 37.7 Å². The van der Waals surface area contributed by atoms with Crippen LogP contribution in [0.1, 0.15) is 13.3 Å². The molecule has 0 N–H and O–H groups in total. The Bertz CT molecular complexity index is 704. The summed E-state index contributed by atoms with van der Waals surface area (Å²) in [4.78, 5) is 17.1. The van der Waals surface area contributed by atoms with Gasteiger partial charge in [0.25, 0.3) is 0 Å². The molecule has 6 heteroatoms. The lowest BCUT2D eigenvalue weighted by molar-refractivity contribution is 0.220. The van der Waals surface area contributed by atoms with Crippen molar-refractivity contribution in [1.82, 2.24) is 4.90 Å². The third-order valence-corrected chi connectivity index (χ3v) is 4.77. The van der Waals surface area contributed by atoms with Crippen molar-refractivity contribution < 1.29 is 13.7 Å². The summed E-state index contributed by atoms with van der Waals surface area (Å²) in [6, 6.07) is 15.4. The fourth-order valence-electron chi connectivity index (χ4n) is 2.71. The zero-order valence-corrected chi connectivity index (χ0v) is 15.3. The molecular weight excluding hydrogens is 336 g/mol. The summed E-state index contributed by atoms with van der Waals surface area (Å²) in [5, 5.41) is 0. The van der Waals surface area contributed by atoms with E-state index >= 15 is 0 Å². The first-order valence-corrected chi connectivity index (χ1v) is 9.10. The van der Waals surface area contributed by atoms with Crippen LogP contribution in [0.25, 0.3) is 0 Å². The number of hydrogen-bond donors (Lipinski definition) is 0. The number of rotatable bonds is 7. The lowest BCUT2D eigenvalue weighted by Crippen LogP contribution is -2.32. The molecule has 5 nitrogen and oxygen atoms in total. The van der Waals surface area contributed by atoms with E-state index in [1.807, 2.05) is 58.3 Å². The molecule has 1 fully saturated rings. The van der Waals surface area contributed by atoms with Crippen LogP contribution in [0.5, 0.6) is 11.5 Å². The number of carbonyl (C=O) groups is 1. The van der Waals surface area contributed by atoms with Gasteiger partial charge >= 0.3 is 6.03 Å². The molecule has 1 saturated heterocycles. The van der Waals surface area contributed by atoms with Gasteiger partial charge in [0.1, 0.15) is 11.5 Å². The Morgan fingerprint density at radius 3 is 2.32 bits per heavy atom. The van der Waals surface area contributed by atoms with Gasteiger partial charge in [-0.15, -0.1) is 0 Å². The highest BCUT2D eigenvalue weighted by Crippen LogP contribution is 2.28. The van der Waals surface area contributed by atoms with Gasteiger partial charge in [0.15, 0.2) is 0 Å². The molecule has 1 aliphatic heterocycles. The van der Waals surface area contributed by atoms with Gasteiger partial charge in [-0.25, -0.2) is 4.79 Å². The van der Waals surface area contributed by atoms with Gasteiger partial charge in [-0.05, 0) is 55.0 Å². The maximum atomic E-state index is 12.4. The molecule has 0 aromatic heterocycles. The van der Waals surface area contributed by atoms with Gasteiger partial charge in [0.2, 0.25) is 0 Å². The van der Waals surface area contributed by atoms with E-state index in [9.17, 15) is 4.79 Å². The Balaban J connectivity index is 1.57. The highest BCUT2D eigenvalue weighted by molar-refractivity contribution is 7.95. The Hall–Kier alpha value is -2.34. The van der Waals surface area contributed by atoms with Gasteiger partial charge in [0.05, 0.1) is 19.2 Å². The van der Waals surface area contributed by atoms with Crippen molar-refractivity contribution in [2.45, 2.75) is 18.2 Å². The smallest absolute Gasteiger partial charge is 0.324 e. The van der Waals surface area contributed by atoms with Crippen LogP contribution >= 0.6 is 12.0 Å². The summed E-state index contributed by atoms with van der Waals surface area (Å²) in [6.45, 7) is 4.45. The summed E-state index contributed by atoms with van der Waals surface area (Å²) < 4.78 is 10.8. The Morgan fingerprint density at radius 2 is 1.68 bits per heavy atom. The highest BCUT2D eigenvalue weighted by atomic mass is 32.2. The van der Waals surface area contributed by atoms with E-state index in [4.69, 9.17) is 8.92 Å². The zero-order chi connectivity index (χ0) is 17.6. The monoisotopic (exact) mass is 358 g/mol. The number of methoxy groups -OCH3 is 1. The Labute approximate surface area is 152 Å². The van der Waals surface area contributed by atoms with Crippen molar-refractivity contribution in [3.05, 3.63) is 48.5 Å². The first-order valence-electron chi connectivity index (χ1n) is 8.36. The van der Waals surface area contributed by atoms with Gasteiger partial charge in [-0.2, -0.15) is 0 Å². The van der Waals surface area contributed by atoms with Crippen molar-refractivity contribution in [3.63, 3.8) is 0 Å². The summed E-state index contributed by atoms with van der Waals surface area (Å²) in [6.07, 6.45) is 0.984. The average Bonchev–Trinajstić information content (AvgIpc) is 3.02. The average molecular weight is 358 g/mol. The second-order valence-electron chi connectivity index (χ2n) is 5.76. The molecule has 0 saturated carbocycles. The first kappa shape index (κ1) is 17.5. The van der Waals surface area contributed by atoms with Gasteiger partial charge < -0.3 is 13.8 Å². The molecule has 2 aromatic carbocycles. The number of benzene rings is 2. The molecule has 0 unspecified atom stereocenters. The van der Waals surface area contributed by atoms with E-state index in [0.29, 0.717) is 0 Å². The quantitative estimate of drug-likeness (QED) is 0.687. The summed E-state index contributed by atoms with van der Waals surface area (Å²) in [5.74, 6) is 1.56. The minimum Gasteiger partial charge on any atom is -0.497 e. The molecule has 3 rings (SSSR count). The van der Waals surface area contributed by atoms with Gasteiger partial charge in [-0.1, -0.05) is 6.92 Å². The molecule has 132 valence electrons. The summed E-state index contributed by atoms with van der Waals surface area (Å²) in [5.41, 5.74) is 0.928. The molecule has 25 heavy (non-hydrogen) atoms. The van der Waals surface area contributed by atoms with Crippen molar-refractivity contribution in [2.24, 2.45) is 0 Å². The van der Waals surface area contributed by atoms with E-state index in [0.717, 1.165) is 48.1 Å². The third kappa shape index (κ3) is 4.20. The van der Waals surface area contributed by atoms with Crippen molar-refractivity contribution >= 4 is 23.8 Å². The molecule has 1 heterocycles. The van der Waals surface area contributed by atoms with E-state index in [2.05, 4.69) is 6.92 Å². The summed E-state index contributed by atoms with van der Waals surface area (Å²) >= 11 is 1.29. The predicted octanol–water partition coefficient (Wildman–Crippen LogP) is 4.43. The van der Waals surface area contributed by atoms with Gasteiger partial charge in [0, 0.05) is 30.2 Å². The van der Waals surface area contributed by atoms with Gasteiger partial charge in [-0.3, -0.25) is 4.90 Å². The maximum Gasteiger partial charge on any atom is 0.324 e. The number of hydrogen-bond acceptors (Lipinski definition) is 4. The van der Waals surface area contributed by atoms with E-state index in [-0.39, 0.29) is 6.03 Å². The molecule has 0 bridgehead atoms. The second kappa shape index (κ2) is 8.16. The third-order valence-electron chi connectivity index (χ3n) is 4.03. The summed E-state index contributed by atoms with van der Waals surface area (Å²) in [7, 11) is 1.64. The van der Waals surface area contributed by atoms with Crippen LogP contribution < -0.4 is 13.8 Å². The lowest BCUT2D eigenvalue weighted by atomic mass is 10.3. The largest absolute Gasteiger partial charge is 0.497 e. The van der Waals surface area contributed by atoms with Crippen LogP contribution in [0.15, 0.2) is 53.4 Å². The standard InChI is InChI=1S/C19H22N2O3S/c1-3-12-20-13-14-21(19(20)22)15-4-10-18(11-5-15)25-24-17-8-6-16(23-2)7-9-17/h4-11H,3,12-14H2,1-2H3. The molecule has 2 amide bonds. The molecule has 0 aliphatic carbocycles. The lowest BCUT2D eigenvalue weighted by Gasteiger charge is -2.18. The minimum atomic E-state index is 0.0942. The van der Waals surface area contributed by atoms with Crippen molar-refractivity contribution in [3.8, 4) is 11.5 Å². The topological polar surface area (TPSA) is 42.0 Å². The highest BCUT2D eigenvalue weighted by Gasteiger charge is 2.28. The van der Waals surface area contributed by atoms with Crippen LogP contribution in [0.2, 0.25) is 0 Å². The van der Waals surface area contributed by atoms with Crippen molar-refractivity contribution in [1.29, 1.82) is 0 Å². The number of anilines is 1. The molecular formula is C19H22N2O3S. The predicted molar refractivity (Wildman–Crippen MR) is 101 cm³/mol. The fourth-order valence-corrected chi connectivity index (χ4v) is 3.26. The number of carbonyl (C=O) groups excluding carboxylic acids is 1. The number of ether oxygens (including phenoxy) is 1. The molecule has 0 radical (unpaired) electrons. The van der Waals surface area contributed by atoms with E-state index in [1.54, 1.807) is 7.11 Å². The van der Waals surface area contributed by atoms with Crippen LogP contribution in [0, 0.1) is 0 Å². The number of urea groups is 1. The van der Waals surface area contributed by atoms with Crippen LogP contribution in [0.4, 0.5) is 10.5 Å². The van der Waals surface area contributed by atoms with Crippen molar-refractivity contribution in [2.75, 3.05) is 31.6 Å². The number of nitrogens with zero attached hydrogens (tertiary/aromatic N) is 2. The minimum absolute atomic E-state index is 0.0942. The molecule has 2 aromatic rings. The number of amides is 2. The zero-order valence-electron chi connectivity index (χ0n) is 14.5. The van der Waals surface area contributed by atoms with Crippen LogP contribution in [-0.2, 0) is 0 Å². The Kier molecular flexibility index (Phi) is 5.71. The molecule has 0 atom stereocenters. The molecule has 0 spiro atoms. The normalized spacial score (nSPS) is 14.1. The fraction of sp³-hybridized carbons (Fsp3) is 0.316.